The summed E-state index contributed by atoms with van der Waals surface area (Å²) in [6.07, 6.45) is 3.20. The molecule has 0 saturated carbocycles. The van der Waals surface area contributed by atoms with Crippen LogP contribution in [0.3, 0.4) is 0 Å². The van der Waals surface area contributed by atoms with Gasteiger partial charge in [-0.2, -0.15) is 5.26 Å². The van der Waals surface area contributed by atoms with Crippen molar-refractivity contribution in [3.05, 3.63) is 70.5 Å². The number of hydrogen-bond acceptors (Lipinski definition) is 5. The summed E-state index contributed by atoms with van der Waals surface area (Å²) in [5.41, 5.74) is 2.76. The Morgan fingerprint density at radius 2 is 2.12 bits per heavy atom. The zero-order valence-corrected chi connectivity index (χ0v) is 12.9. The maximum absolute atomic E-state index is 11.2. The number of non-ortho nitro benzene ring substituents is 1. The van der Waals surface area contributed by atoms with Gasteiger partial charge in [0.25, 0.3) is 5.69 Å². The highest BCUT2D eigenvalue weighted by atomic mass is 16.6. The molecule has 7 nitrogen and oxygen atoms in total. The molecule has 4 rings (SSSR count). The standard InChI is InChI=1S/C18H11N5O2/c19-9-12-10-21-18-14(2-1-3-16(18)23(24)25)17(12)22-13-4-5-15-11(8-13)6-7-20-15/h1-8,10,20H,(H,21,22). The molecular weight excluding hydrogens is 318 g/mol. The number of benzene rings is 2. The van der Waals surface area contributed by atoms with E-state index in [0.29, 0.717) is 16.6 Å². The first-order valence-electron chi connectivity index (χ1n) is 7.48. The molecule has 0 spiro atoms. The van der Waals surface area contributed by atoms with Gasteiger partial charge in [-0.3, -0.25) is 10.1 Å². The largest absolute Gasteiger partial charge is 0.361 e. The molecule has 2 aromatic heterocycles. The number of pyridine rings is 1. The number of fused-ring (bicyclic) bond motifs is 2. The molecule has 0 saturated heterocycles. The van der Waals surface area contributed by atoms with Crippen LogP contribution in [-0.2, 0) is 0 Å². The van der Waals surface area contributed by atoms with Crippen LogP contribution in [0.5, 0.6) is 0 Å². The van der Waals surface area contributed by atoms with E-state index in [-0.39, 0.29) is 11.2 Å². The second-order valence-corrected chi connectivity index (χ2v) is 5.49. The monoisotopic (exact) mass is 329 g/mol. The zero-order valence-electron chi connectivity index (χ0n) is 12.9. The summed E-state index contributed by atoms with van der Waals surface area (Å²) >= 11 is 0. The van der Waals surface area contributed by atoms with Crippen molar-refractivity contribution in [1.29, 1.82) is 5.26 Å². The summed E-state index contributed by atoms with van der Waals surface area (Å²) in [6.45, 7) is 0. The van der Waals surface area contributed by atoms with Crippen LogP contribution in [0.2, 0.25) is 0 Å². The Bertz CT molecular complexity index is 1170. The van der Waals surface area contributed by atoms with Crippen LogP contribution in [0, 0.1) is 21.4 Å². The first kappa shape index (κ1) is 14.7. The van der Waals surface area contributed by atoms with Crippen molar-refractivity contribution in [2.45, 2.75) is 0 Å². The number of para-hydroxylation sites is 1. The van der Waals surface area contributed by atoms with Gasteiger partial charge in [0.05, 0.1) is 16.2 Å². The molecule has 0 radical (unpaired) electrons. The van der Waals surface area contributed by atoms with Crippen LogP contribution in [0.15, 0.2) is 54.9 Å². The Labute approximate surface area is 141 Å². The van der Waals surface area contributed by atoms with Crippen LogP contribution >= 0.6 is 0 Å². The minimum absolute atomic E-state index is 0.0915. The maximum Gasteiger partial charge on any atom is 0.295 e. The lowest BCUT2D eigenvalue weighted by molar-refractivity contribution is -0.383. The molecule has 2 heterocycles. The van der Waals surface area contributed by atoms with Crippen LogP contribution in [0.25, 0.3) is 21.8 Å². The molecule has 0 atom stereocenters. The molecule has 0 fully saturated rings. The second kappa shape index (κ2) is 5.62. The normalized spacial score (nSPS) is 10.7. The first-order chi connectivity index (χ1) is 12.2. The predicted molar refractivity (Wildman–Crippen MR) is 94.7 cm³/mol. The van der Waals surface area contributed by atoms with E-state index in [2.05, 4.69) is 21.4 Å². The van der Waals surface area contributed by atoms with E-state index in [1.807, 2.05) is 30.5 Å². The number of rotatable bonds is 3. The molecule has 0 aliphatic carbocycles. The molecule has 2 aromatic carbocycles. The van der Waals surface area contributed by atoms with Crippen molar-refractivity contribution in [1.82, 2.24) is 9.97 Å². The predicted octanol–water partition coefficient (Wildman–Crippen LogP) is 4.24. The lowest BCUT2D eigenvalue weighted by Gasteiger charge is -2.11. The number of aromatic nitrogens is 2. The van der Waals surface area contributed by atoms with Gasteiger partial charge in [0, 0.05) is 40.4 Å². The molecule has 2 N–H and O–H groups in total. The molecular formula is C18H11N5O2. The van der Waals surface area contributed by atoms with E-state index in [0.717, 1.165) is 16.6 Å². The van der Waals surface area contributed by atoms with Crippen molar-refractivity contribution < 1.29 is 4.92 Å². The van der Waals surface area contributed by atoms with Gasteiger partial charge < -0.3 is 10.3 Å². The quantitative estimate of drug-likeness (QED) is 0.432. The van der Waals surface area contributed by atoms with Gasteiger partial charge in [0.15, 0.2) is 0 Å². The Kier molecular flexibility index (Phi) is 3.29. The summed E-state index contributed by atoms with van der Waals surface area (Å²) in [7, 11) is 0. The average molecular weight is 329 g/mol. The summed E-state index contributed by atoms with van der Waals surface area (Å²) in [5, 5.41) is 25.4. The van der Waals surface area contributed by atoms with E-state index in [9.17, 15) is 15.4 Å². The van der Waals surface area contributed by atoms with E-state index in [1.165, 1.54) is 12.3 Å². The Hall–Kier alpha value is -3.92. The van der Waals surface area contributed by atoms with Crippen molar-refractivity contribution in [2.24, 2.45) is 0 Å². The molecule has 0 aliphatic heterocycles. The third kappa shape index (κ3) is 2.42. The fourth-order valence-electron chi connectivity index (χ4n) is 2.85. The van der Waals surface area contributed by atoms with Crippen LogP contribution in [-0.4, -0.2) is 14.9 Å². The van der Waals surface area contributed by atoms with Gasteiger partial charge in [0.1, 0.15) is 11.6 Å². The van der Waals surface area contributed by atoms with Crippen LogP contribution in [0.4, 0.5) is 17.1 Å². The molecule has 0 aliphatic rings. The van der Waals surface area contributed by atoms with Crippen molar-refractivity contribution in [3.63, 3.8) is 0 Å². The highest BCUT2D eigenvalue weighted by Gasteiger charge is 2.17. The fourth-order valence-corrected chi connectivity index (χ4v) is 2.85. The molecule has 120 valence electrons. The van der Waals surface area contributed by atoms with Gasteiger partial charge >= 0.3 is 0 Å². The lowest BCUT2D eigenvalue weighted by atomic mass is 10.1. The number of nitro benzene ring substituents is 1. The summed E-state index contributed by atoms with van der Waals surface area (Å²) in [4.78, 5) is 18.0. The Morgan fingerprint density at radius 3 is 2.92 bits per heavy atom. The second-order valence-electron chi connectivity index (χ2n) is 5.49. The number of aromatic amines is 1. The fraction of sp³-hybridized carbons (Fsp3) is 0. The van der Waals surface area contributed by atoms with Crippen LogP contribution < -0.4 is 5.32 Å². The van der Waals surface area contributed by atoms with E-state index in [4.69, 9.17) is 0 Å². The number of nitrogens with zero attached hydrogens (tertiary/aromatic N) is 3. The molecule has 0 bridgehead atoms. The topological polar surface area (TPSA) is 108 Å². The van der Waals surface area contributed by atoms with Gasteiger partial charge in [-0.1, -0.05) is 12.1 Å². The SMILES string of the molecule is N#Cc1cnc2c([N+](=O)[O-])cccc2c1Nc1ccc2[nH]ccc2c1. The molecule has 4 aromatic rings. The smallest absolute Gasteiger partial charge is 0.295 e. The van der Waals surface area contributed by atoms with Gasteiger partial charge in [-0.25, -0.2) is 4.98 Å². The summed E-state index contributed by atoms with van der Waals surface area (Å²) in [5.74, 6) is 0. The number of anilines is 2. The molecule has 25 heavy (non-hydrogen) atoms. The lowest BCUT2D eigenvalue weighted by Crippen LogP contribution is -1.99. The molecule has 7 heteroatoms. The van der Waals surface area contributed by atoms with E-state index in [1.54, 1.807) is 12.1 Å². The van der Waals surface area contributed by atoms with E-state index >= 15 is 0 Å². The highest BCUT2D eigenvalue weighted by molar-refractivity contribution is 6.00. The van der Waals surface area contributed by atoms with Gasteiger partial charge in [-0.15, -0.1) is 0 Å². The van der Waals surface area contributed by atoms with Crippen molar-refractivity contribution in [3.8, 4) is 6.07 Å². The minimum Gasteiger partial charge on any atom is -0.361 e. The number of nitriles is 1. The maximum atomic E-state index is 11.2. The number of hydrogen-bond donors (Lipinski definition) is 2. The first-order valence-corrected chi connectivity index (χ1v) is 7.48. The molecule has 0 amide bonds. The third-order valence-electron chi connectivity index (χ3n) is 4.02. The third-order valence-corrected chi connectivity index (χ3v) is 4.02. The van der Waals surface area contributed by atoms with Crippen molar-refractivity contribution >= 4 is 38.9 Å². The summed E-state index contributed by atoms with van der Waals surface area (Å²) in [6, 6.07) is 14.5. The zero-order chi connectivity index (χ0) is 17.4. The average Bonchev–Trinajstić information content (AvgIpc) is 3.09. The summed E-state index contributed by atoms with van der Waals surface area (Å²) < 4.78 is 0. The van der Waals surface area contributed by atoms with E-state index < -0.39 is 4.92 Å². The van der Waals surface area contributed by atoms with Gasteiger partial charge in [0.2, 0.25) is 0 Å². The number of H-pyrrole nitrogens is 1. The molecule has 0 unspecified atom stereocenters. The number of nitrogens with one attached hydrogen (secondary N) is 2. The Balaban J connectivity index is 1.91. The van der Waals surface area contributed by atoms with Gasteiger partial charge in [-0.05, 0) is 24.3 Å². The van der Waals surface area contributed by atoms with Crippen molar-refractivity contribution in [2.75, 3.05) is 5.32 Å². The Morgan fingerprint density at radius 1 is 1.24 bits per heavy atom. The number of nitro groups is 1. The van der Waals surface area contributed by atoms with Crippen LogP contribution in [0.1, 0.15) is 5.56 Å². The highest BCUT2D eigenvalue weighted by Crippen LogP contribution is 2.33. The minimum atomic E-state index is -0.475.